The van der Waals surface area contributed by atoms with E-state index in [0.717, 1.165) is 17.7 Å². The lowest BCUT2D eigenvalue weighted by molar-refractivity contribution is -0.182. The smallest absolute Gasteiger partial charge is 0.362 e. The van der Waals surface area contributed by atoms with Gasteiger partial charge in [0.2, 0.25) is 5.91 Å². The lowest BCUT2D eigenvalue weighted by atomic mass is 10.0. The number of alkyl halides is 3. The van der Waals surface area contributed by atoms with Gasteiger partial charge < -0.3 is 10.1 Å². The second kappa shape index (κ2) is 7.11. The second-order valence-electron chi connectivity index (χ2n) is 7.52. The highest BCUT2D eigenvalue weighted by molar-refractivity contribution is 5.86. The molecule has 0 radical (unpaired) electrons. The standard InChI is InChI=1S/C20H21F4NO2/c1-19(2)16(12-6-4-3-5-7-12)17(19)18(26)25-14-10-13(21)8-9-15(14)27-11-20(22,23)24/h3-8,10,15-17H,9,11H2,1-2H3,(H,25,26)/t15?,16-,17+/m1/s1. The Kier molecular flexibility index (Phi) is 5.16. The number of amides is 1. The van der Waals surface area contributed by atoms with Crippen molar-refractivity contribution in [1.29, 1.82) is 0 Å². The molecule has 3 atom stereocenters. The first kappa shape index (κ1) is 19.6. The van der Waals surface area contributed by atoms with Crippen LogP contribution in [0.15, 0.2) is 54.0 Å². The predicted octanol–water partition coefficient (Wildman–Crippen LogP) is 4.63. The maximum Gasteiger partial charge on any atom is 0.411 e. The molecule has 0 aromatic heterocycles. The summed E-state index contributed by atoms with van der Waals surface area (Å²) in [6, 6.07) is 9.56. The fourth-order valence-electron chi connectivity index (χ4n) is 3.75. The molecular formula is C20H21F4NO2. The number of ether oxygens (including phenoxy) is 1. The van der Waals surface area contributed by atoms with E-state index in [9.17, 15) is 22.4 Å². The summed E-state index contributed by atoms with van der Waals surface area (Å²) in [6.07, 6.45) is -3.43. The number of hydrogen-bond donors (Lipinski definition) is 1. The molecule has 1 unspecified atom stereocenters. The molecule has 0 bridgehead atoms. The first-order valence-corrected chi connectivity index (χ1v) is 8.71. The molecule has 0 saturated heterocycles. The number of carbonyl (C=O) groups is 1. The lowest BCUT2D eigenvalue weighted by Crippen LogP contribution is -2.36. The molecular weight excluding hydrogens is 362 g/mol. The number of carbonyl (C=O) groups excluding carboxylic acids is 1. The summed E-state index contributed by atoms with van der Waals surface area (Å²) < 4.78 is 55.8. The fourth-order valence-corrected chi connectivity index (χ4v) is 3.75. The van der Waals surface area contributed by atoms with Crippen LogP contribution in [0, 0.1) is 11.3 Å². The summed E-state index contributed by atoms with van der Waals surface area (Å²) in [4.78, 5) is 12.8. The van der Waals surface area contributed by atoms with Crippen molar-refractivity contribution in [2.75, 3.05) is 6.61 Å². The average Bonchev–Trinajstić information content (AvgIpc) is 3.16. The summed E-state index contributed by atoms with van der Waals surface area (Å²) in [7, 11) is 0. The Hall–Kier alpha value is -2.15. The normalized spacial score (nSPS) is 26.8. The van der Waals surface area contributed by atoms with Gasteiger partial charge in [-0.05, 0) is 23.1 Å². The quantitative estimate of drug-likeness (QED) is 0.753. The van der Waals surface area contributed by atoms with E-state index in [1.165, 1.54) is 0 Å². The molecule has 1 amide bonds. The maximum absolute atomic E-state index is 13.6. The molecule has 7 heteroatoms. The van der Waals surface area contributed by atoms with Gasteiger partial charge in [-0.3, -0.25) is 4.79 Å². The maximum atomic E-state index is 13.6. The zero-order valence-electron chi connectivity index (χ0n) is 15.0. The average molecular weight is 383 g/mol. The third-order valence-corrected chi connectivity index (χ3v) is 5.15. The molecule has 1 aromatic rings. The summed E-state index contributed by atoms with van der Waals surface area (Å²) in [5, 5.41) is 2.60. The Bertz CT molecular complexity index is 768. The van der Waals surface area contributed by atoms with Crippen molar-refractivity contribution in [3.63, 3.8) is 0 Å². The van der Waals surface area contributed by atoms with Crippen LogP contribution in [0.1, 0.15) is 31.7 Å². The van der Waals surface area contributed by atoms with E-state index < -0.39 is 24.7 Å². The highest BCUT2D eigenvalue weighted by Gasteiger charge is 2.62. The van der Waals surface area contributed by atoms with Crippen molar-refractivity contribution in [1.82, 2.24) is 5.32 Å². The summed E-state index contributed by atoms with van der Waals surface area (Å²) in [5.74, 6) is -1.29. The van der Waals surface area contributed by atoms with E-state index in [1.807, 2.05) is 44.2 Å². The van der Waals surface area contributed by atoms with Crippen LogP contribution < -0.4 is 5.32 Å². The van der Waals surface area contributed by atoms with Crippen molar-refractivity contribution in [2.24, 2.45) is 11.3 Å². The van der Waals surface area contributed by atoms with Crippen LogP contribution in [-0.2, 0) is 9.53 Å². The van der Waals surface area contributed by atoms with E-state index >= 15 is 0 Å². The molecule has 1 aromatic carbocycles. The number of benzene rings is 1. The zero-order chi connectivity index (χ0) is 19.8. The van der Waals surface area contributed by atoms with E-state index in [0.29, 0.717) is 0 Å². The summed E-state index contributed by atoms with van der Waals surface area (Å²) >= 11 is 0. The van der Waals surface area contributed by atoms with Crippen molar-refractivity contribution < 1.29 is 27.1 Å². The molecule has 3 rings (SSSR count). The Labute approximate surface area is 155 Å². The summed E-state index contributed by atoms with van der Waals surface area (Å²) in [6.45, 7) is 2.46. The Balaban J connectivity index is 1.71. The van der Waals surface area contributed by atoms with E-state index in [1.54, 1.807) is 0 Å². The van der Waals surface area contributed by atoms with Crippen LogP contribution >= 0.6 is 0 Å². The molecule has 0 aliphatic heterocycles. The van der Waals surface area contributed by atoms with Gasteiger partial charge >= 0.3 is 6.18 Å². The van der Waals surface area contributed by atoms with E-state index in [2.05, 4.69) is 5.32 Å². The molecule has 2 aliphatic rings. The monoisotopic (exact) mass is 383 g/mol. The molecule has 2 aliphatic carbocycles. The number of rotatable bonds is 5. The molecule has 0 heterocycles. The van der Waals surface area contributed by atoms with Gasteiger partial charge in [-0.25, -0.2) is 4.39 Å². The Morgan fingerprint density at radius 2 is 1.93 bits per heavy atom. The van der Waals surface area contributed by atoms with Gasteiger partial charge in [-0.15, -0.1) is 0 Å². The molecule has 0 spiro atoms. The number of nitrogens with one attached hydrogen (secondary N) is 1. The second-order valence-corrected chi connectivity index (χ2v) is 7.52. The molecule has 1 N–H and O–H groups in total. The van der Waals surface area contributed by atoms with Gasteiger partial charge in [-0.2, -0.15) is 13.2 Å². The highest BCUT2D eigenvalue weighted by Crippen LogP contribution is 2.64. The van der Waals surface area contributed by atoms with Crippen molar-refractivity contribution in [2.45, 2.75) is 38.5 Å². The first-order chi connectivity index (χ1) is 12.6. The molecule has 146 valence electrons. The third kappa shape index (κ3) is 4.40. The van der Waals surface area contributed by atoms with Gasteiger partial charge in [0.15, 0.2) is 0 Å². The van der Waals surface area contributed by atoms with E-state index in [-0.39, 0.29) is 35.3 Å². The molecule has 3 nitrogen and oxygen atoms in total. The summed E-state index contributed by atoms with van der Waals surface area (Å²) in [5.41, 5.74) is 0.757. The Morgan fingerprint density at radius 3 is 2.56 bits per heavy atom. The van der Waals surface area contributed by atoms with Gasteiger partial charge in [0.1, 0.15) is 18.5 Å². The topological polar surface area (TPSA) is 38.3 Å². The van der Waals surface area contributed by atoms with Gasteiger partial charge in [0, 0.05) is 18.0 Å². The van der Waals surface area contributed by atoms with Crippen LogP contribution in [0.2, 0.25) is 0 Å². The zero-order valence-corrected chi connectivity index (χ0v) is 15.0. The first-order valence-electron chi connectivity index (χ1n) is 8.71. The van der Waals surface area contributed by atoms with Gasteiger partial charge in [-0.1, -0.05) is 44.2 Å². The van der Waals surface area contributed by atoms with Crippen LogP contribution in [0.4, 0.5) is 17.6 Å². The minimum absolute atomic E-state index is 0.00202. The predicted molar refractivity (Wildman–Crippen MR) is 92.3 cm³/mol. The minimum Gasteiger partial charge on any atom is -0.362 e. The van der Waals surface area contributed by atoms with Crippen LogP contribution in [0.25, 0.3) is 0 Å². The van der Waals surface area contributed by atoms with Crippen molar-refractivity contribution in [3.05, 3.63) is 59.6 Å². The number of allylic oxidation sites excluding steroid dienone is 2. The fraction of sp³-hybridized carbons (Fsp3) is 0.450. The van der Waals surface area contributed by atoms with Gasteiger partial charge in [0.05, 0.1) is 5.92 Å². The third-order valence-electron chi connectivity index (χ3n) is 5.15. The Morgan fingerprint density at radius 1 is 1.26 bits per heavy atom. The molecule has 1 fully saturated rings. The number of halogens is 4. The lowest BCUT2D eigenvalue weighted by Gasteiger charge is -2.24. The largest absolute Gasteiger partial charge is 0.411 e. The minimum atomic E-state index is -4.49. The van der Waals surface area contributed by atoms with Crippen LogP contribution in [-0.4, -0.2) is 24.8 Å². The van der Waals surface area contributed by atoms with Crippen LogP contribution in [0.3, 0.4) is 0 Å². The van der Waals surface area contributed by atoms with Crippen molar-refractivity contribution in [3.8, 4) is 0 Å². The molecule has 1 saturated carbocycles. The van der Waals surface area contributed by atoms with Crippen LogP contribution in [0.5, 0.6) is 0 Å². The SMILES string of the molecule is CC1(C)[C@H](C(=O)NC2=CC(F)=CCC2OCC(F)(F)F)[C@H]1c1ccccc1. The number of hydrogen-bond acceptors (Lipinski definition) is 2. The van der Waals surface area contributed by atoms with Crippen molar-refractivity contribution >= 4 is 5.91 Å². The van der Waals surface area contributed by atoms with Gasteiger partial charge in [0.25, 0.3) is 0 Å². The highest BCUT2D eigenvalue weighted by atomic mass is 19.4. The van der Waals surface area contributed by atoms with E-state index in [4.69, 9.17) is 4.74 Å². The molecule has 27 heavy (non-hydrogen) atoms.